The van der Waals surface area contributed by atoms with Crippen molar-refractivity contribution in [2.75, 3.05) is 26.3 Å². The number of nitrogens with two attached hydrogens (primary N) is 1. The van der Waals surface area contributed by atoms with Crippen LogP contribution in [0.3, 0.4) is 0 Å². The van der Waals surface area contributed by atoms with Crippen LogP contribution in [0.2, 0.25) is 0 Å². The molecule has 2 aliphatic rings. The first-order chi connectivity index (χ1) is 15.9. The second-order valence-corrected chi connectivity index (χ2v) is 10.9. The molecule has 0 bridgehead atoms. The van der Waals surface area contributed by atoms with E-state index >= 15 is 0 Å². The Hall–Kier alpha value is -2.52. The molecule has 9 nitrogen and oxygen atoms in total. The summed E-state index contributed by atoms with van der Waals surface area (Å²) in [6.07, 6.45) is 0.752. The van der Waals surface area contributed by atoms with Gasteiger partial charge < -0.3 is 23.8 Å². The molecule has 2 atom stereocenters. The van der Waals surface area contributed by atoms with E-state index in [0.717, 1.165) is 11.1 Å². The van der Waals surface area contributed by atoms with Crippen molar-refractivity contribution in [3.05, 3.63) is 23.3 Å². The van der Waals surface area contributed by atoms with E-state index in [0.29, 0.717) is 50.6 Å². The molecule has 0 spiro atoms. The summed E-state index contributed by atoms with van der Waals surface area (Å²) in [4.78, 5) is 32.4. The van der Waals surface area contributed by atoms with Gasteiger partial charge in [-0.05, 0) is 78.0 Å². The van der Waals surface area contributed by atoms with Crippen molar-refractivity contribution in [1.29, 1.82) is 0 Å². The molecule has 1 amide bonds. The molecule has 9 heteroatoms. The molecule has 1 fully saturated rings. The van der Waals surface area contributed by atoms with Crippen LogP contribution in [0.5, 0.6) is 11.5 Å². The molecule has 1 aromatic rings. The van der Waals surface area contributed by atoms with Gasteiger partial charge in [0, 0.05) is 18.7 Å². The highest BCUT2D eigenvalue weighted by molar-refractivity contribution is 5.74. The van der Waals surface area contributed by atoms with Gasteiger partial charge >= 0.3 is 12.1 Å². The Morgan fingerprint density at radius 3 is 2.41 bits per heavy atom. The Morgan fingerprint density at radius 2 is 1.76 bits per heavy atom. The zero-order valence-electron chi connectivity index (χ0n) is 21.1. The van der Waals surface area contributed by atoms with Gasteiger partial charge in [0.15, 0.2) is 11.5 Å². The normalized spacial score (nSPS) is 19.0. The lowest BCUT2D eigenvalue weighted by atomic mass is 9.85. The summed E-state index contributed by atoms with van der Waals surface area (Å²) in [5.74, 6) is 5.77. The molecule has 0 aliphatic carbocycles. The Morgan fingerprint density at radius 1 is 1.09 bits per heavy atom. The fourth-order valence-corrected chi connectivity index (χ4v) is 4.29. The van der Waals surface area contributed by atoms with E-state index in [-0.39, 0.29) is 24.6 Å². The fraction of sp³-hybridized carbons (Fsp3) is 0.680. The maximum Gasteiger partial charge on any atom is 0.410 e. The molecule has 34 heavy (non-hydrogen) atoms. The second kappa shape index (κ2) is 10.4. The minimum Gasteiger partial charge on any atom is -0.486 e. The number of hydrogen-bond acceptors (Lipinski definition) is 8. The first-order valence-corrected chi connectivity index (χ1v) is 11.8. The number of fused-ring (bicyclic) bond motifs is 1. The third kappa shape index (κ3) is 6.99. The third-order valence-corrected chi connectivity index (χ3v) is 5.63. The fourth-order valence-electron chi connectivity index (χ4n) is 4.29. The smallest absolute Gasteiger partial charge is 0.410 e. The van der Waals surface area contributed by atoms with Gasteiger partial charge in [0.25, 0.3) is 0 Å². The summed E-state index contributed by atoms with van der Waals surface area (Å²) in [6, 6.07) is 3.82. The van der Waals surface area contributed by atoms with Crippen LogP contribution >= 0.6 is 0 Å². The van der Waals surface area contributed by atoms with E-state index in [1.807, 2.05) is 53.7 Å². The van der Waals surface area contributed by atoms with Gasteiger partial charge in [-0.3, -0.25) is 9.63 Å². The van der Waals surface area contributed by atoms with Gasteiger partial charge in [0.2, 0.25) is 0 Å². The lowest BCUT2D eigenvalue weighted by molar-refractivity contribution is -0.161. The number of benzene rings is 1. The highest BCUT2D eigenvalue weighted by Crippen LogP contribution is 2.38. The van der Waals surface area contributed by atoms with Gasteiger partial charge in [0.05, 0.1) is 12.5 Å². The average molecular weight is 479 g/mol. The van der Waals surface area contributed by atoms with Crippen molar-refractivity contribution in [2.45, 2.75) is 72.2 Å². The second-order valence-electron chi connectivity index (χ2n) is 10.9. The summed E-state index contributed by atoms with van der Waals surface area (Å²) in [6.45, 7) is 13.1. The number of ether oxygens (including phenoxy) is 4. The highest BCUT2D eigenvalue weighted by Gasteiger charge is 2.39. The van der Waals surface area contributed by atoms with Gasteiger partial charge in [-0.15, -0.1) is 0 Å². The Bertz CT molecular complexity index is 888. The van der Waals surface area contributed by atoms with Crippen LogP contribution in [0.15, 0.2) is 12.1 Å². The van der Waals surface area contributed by atoms with E-state index in [9.17, 15) is 9.59 Å². The number of esters is 1. The van der Waals surface area contributed by atoms with Gasteiger partial charge in [-0.2, -0.15) is 0 Å². The first kappa shape index (κ1) is 26.1. The largest absolute Gasteiger partial charge is 0.486 e. The van der Waals surface area contributed by atoms with Crippen molar-refractivity contribution in [2.24, 2.45) is 17.7 Å². The lowest BCUT2D eigenvalue weighted by Crippen LogP contribution is -2.38. The summed E-state index contributed by atoms with van der Waals surface area (Å²) in [5, 5.41) is 0. The molecule has 2 aliphatic heterocycles. The minimum atomic E-state index is -0.621. The van der Waals surface area contributed by atoms with Gasteiger partial charge in [0.1, 0.15) is 24.4 Å². The van der Waals surface area contributed by atoms with Crippen LogP contribution in [0.25, 0.3) is 0 Å². The molecule has 2 heterocycles. The first-order valence-electron chi connectivity index (χ1n) is 11.8. The number of hydrogen-bond donors (Lipinski definition) is 1. The Kier molecular flexibility index (Phi) is 7.98. The number of rotatable bonds is 6. The van der Waals surface area contributed by atoms with E-state index in [4.69, 9.17) is 29.7 Å². The Balaban J connectivity index is 1.84. The molecule has 0 radical (unpaired) electrons. The van der Waals surface area contributed by atoms with Crippen molar-refractivity contribution < 1.29 is 33.4 Å². The molecule has 1 aromatic carbocycles. The number of likely N-dealkylation sites (tertiary alicyclic amines) is 1. The van der Waals surface area contributed by atoms with Gasteiger partial charge in [-0.1, -0.05) is 0 Å². The number of carbonyl (C=O) groups excluding carboxylic acids is 2. The maximum absolute atomic E-state index is 13.3. The maximum atomic E-state index is 13.3. The molecule has 0 aromatic heterocycles. The van der Waals surface area contributed by atoms with Crippen LogP contribution in [0, 0.1) is 11.8 Å². The summed E-state index contributed by atoms with van der Waals surface area (Å²) >= 11 is 0. The van der Waals surface area contributed by atoms with Crippen LogP contribution in [0.4, 0.5) is 4.79 Å². The van der Waals surface area contributed by atoms with E-state index in [2.05, 4.69) is 0 Å². The summed E-state index contributed by atoms with van der Waals surface area (Å²) < 4.78 is 22.8. The zero-order chi connectivity index (χ0) is 25.1. The van der Waals surface area contributed by atoms with Crippen LogP contribution in [-0.2, 0) is 32.1 Å². The molecule has 1 saturated heterocycles. The van der Waals surface area contributed by atoms with Crippen molar-refractivity contribution in [3.63, 3.8) is 0 Å². The molecular weight excluding hydrogens is 440 g/mol. The average Bonchev–Trinajstić information content (AvgIpc) is 3.20. The summed E-state index contributed by atoms with van der Waals surface area (Å²) in [7, 11) is 0. The van der Waals surface area contributed by atoms with Crippen LogP contribution < -0.4 is 15.4 Å². The highest BCUT2D eigenvalue weighted by atomic mass is 16.6. The summed E-state index contributed by atoms with van der Waals surface area (Å²) in [5.41, 5.74) is 0.457. The van der Waals surface area contributed by atoms with Gasteiger partial charge in [-0.25, -0.2) is 10.7 Å². The van der Waals surface area contributed by atoms with Crippen molar-refractivity contribution >= 4 is 12.1 Å². The lowest BCUT2D eigenvalue weighted by Gasteiger charge is -2.29. The monoisotopic (exact) mass is 478 g/mol. The molecule has 190 valence electrons. The van der Waals surface area contributed by atoms with E-state index < -0.39 is 17.1 Å². The van der Waals surface area contributed by atoms with Crippen LogP contribution in [0.1, 0.15) is 59.1 Å². The standard InChI is InChI=1S/C25H38N2O7/c1-24(2,3)33-22(28)19(17-7-8-27(14-17)23(29)34-25(4,5)6)12-16-11-18(15-32-26)21-20(13-16)30-9-10-31-21/h11,13,17,19H,7-10,12,14-15,26H2,1-6H3/t17-,19-/m0/s1. The van der Waals surface area contributed by atoms with Crippen LogP contribution in [-0.4, -0.2) is 54.5 Å². The number of nitrogens with zero attached hydrogens (tertiary/aromatic N) is 1. The minimum absolute atomic E-state index is 0.0650. The van der Waals surface area contributed by atoms with E-state index in [1.54, 1.807) is 4.90 Å². The molecule has 2 N–H and O–H groups in total. The molecular formula is C25H38N2O7. The third-order valence-electron chi connectivity index (χ3n) is 5.63. The molecule has 3 rings (SSSR count). The molecule has 0 unspecified atom stereocenters. The number of amides is 1. The molecule has 0 saturated carbocycles. The predicted molar refractivity (Wildman–Crippen MR) is 125 cm³/mol. The zero-order valence-corrected chi connectivity index (χ0v) is 21.1. The van der Waals surface area contributed by atoms with E-state index in [1.165, 1.54) is 0 Å². The number of carbonyl (C=O) groups is 2. The predicted octanol–water partition coefficient (Wildman–Crippen LogP) is 3.61. The SMILES string of the molecule is CC(C)(C)OC(=O)[C@@H](Cc1cc(CON)c2c(c1)OCCO2)[C@H]1CCN(C(=O)OC(C)(C)C)C1. The topological polar surface area (TPSA) is 110 Å². The quantitative estimate of drug-likeness (QED) is 0.488. The van der Waals surface area contributed by atoms with Crippen molar-refractivity contribution in [1.82, 2.24) is 4.90 Å². The Labute approximate surface area is 201 Å². The van der Waals surface area contributed by atoms with Crippen molar-refractivity contribution in [3.8, 4) is 11.5 Å².